The molecule has 0 spiro atoms. The fourth-order valence-corrected chi connectivity index (χ4v) is 3.25. The third-order valence-electron chi connectivity index (χ3n) is 1.79. The van der Waals surface area contributed by atoms with Crippen molar-refractivity contribution in [3.05, 3.63) is 10.2 Å². The van der Waals surface area contributed by atoms with Crippen molar-refractivity contribution in [1.82, 2.24) is 0 Å². The van der Waals surface area contributed by atoms with Crippen molar-refractivity contribution in [2.75, 3.05) is 0 Å². The topological polar surface area (TPSA) is 20.2 Å². The monoisotopic (exact) mass is 284 g/mol. The van der Waals surface area contributed by atoms with Gasteiger partial charge in [0.05, 0.1) is 0 Å². The van der Waals surface area contributed by atoms with Crippen LogP contribution in [-0.2, 0) is 0 Å². The number of rotatable bonds is 4. The first kappa shape index (κ1) is 11.8. The molecular weight excluding hydrogens is 266 g/mol. The summed E-state index contributed by atoms with van der Waals surface area (Å²) in [7, 11) is 6.18. The predicted molar refractivity (Wildman–Crippen MR) is 53.4 cm³/mol. The molecule has 1 nitrogen and oxygen atoms in total. The Labute approximate surface area is 77.0 Å². The van der Waals surface area contributed by atoms with Gasteiger partial charge in [-0.1, -0.05) is 0 Å². The summed E-state index contributed by atoms with van der Waals surface area (Å²) in [5.74, 6) is 0. The molecule has 0 aliphatic carbocycles. The molecule has 1 N–H and O–H groups in total. The minimum absolute atomic E-state index is 0.239. The Bertz CT molecular complexity index is 140. The van der Waals surface area contributed by atoms with Crippen molar-refractivity contribution in [2.45, 2.75) is 35.7 Å². The summed E-state index contributed by atoms with van der Waals surface area (Å²) in [6.45, 7) is 5.88. The van der Waals surface area contributed by atoms with E-state index in [9.17, 15) is 5.11 Å². The van der Waals surface area contributed by atoms with Crippen LogP contribution in [-0.4, -0.2) is 28.5 Å². The van der Waals surface area contributed by atoms with Gasteiger partial charge in [0.2, 0.25) is 0 Å². The van der Waals surface area contributed by atoms with Gasteiger partial charge in [-0.25, -0.2) is 0 Å². The zero-order valence-corrected chi connectivity index (χ0v) is 11.1. The molecule has 0 fully saturated rings. The van der Waals surface area contributed by atoms with Crippen LogP contribution >= 0.6 is 8.92 Å². The molecule has 0 rings (SSSR count). The van der Waals surface area contributed by atoms with Crippen LogP contribution < -0.4 is 0 Å². The standard InChI is InChI=1S/C6H11O.2CH3.ClH.Sn/c1-3-5-6(7)4-2;;;;/h6-7H,1,4-5H2,2H3;2*1H3;1H;/q;;;;+1/p-1. The van der Waals surface area contributed by atoms with Crippen molar-refractivity contribution in [3.63, 3.8) is 0 Å². The van der Waals surface area contributed by atoms with Crippen molar-refractivity contribution in [3.8, 4) is 0 Å². The van der Waals surface area contributed by atoms with E-state index < -0.39 is 17.3 Å². The van der Waals surface area contributed by atoms with Gasteiger partial charge in [-0.3, -0.25) is 0 Å². The Hall–Kier alpha value is 0.789. The van der Waals surface area contributed by atoms with E-state index in [1.165, 1.54) is 0 Å². The molecule has 0 saturated carbocycles. The van der Waals surface area contributed by atoms with Gasteiger partial charge in [0.1, 0.15) is 0 Å². The SMILES string of the molecule is C=[C](CC(O)CC)[Sn]([CH3])([CH3])[Cl]. The first-order valence-electron chi connectivity index (χ1n) is 3.93. The zero-order valence-electron chi connectivity index (χ0n) is 7.52. The summed E-state index contributed by atoms with van der Waals surface area (Å²) in [5, 5.41) is 9.31. The Kier molecular flexibility index (Phi) is 5.07. The van der Waals surface area contributed by atoms with E-state index in [2.05, 4.69) is 16.5 Å². The molecule has 11 heavy (non-hydrogen) atoms. The number of hydrogen-bond donors (Lipinski definition) is 1. The zero-order chi connectivity index (χ0) is 9.07. The molecule has 0 aromatic rings. The second-order valence-electron chi connectivity index (χ2n) is 3.34. The first-order valence-corrected chi connectivity index (χ1v) is 14.7. The number of aliphatic hydroxyl groups excluding tert-OH is 1. The molecule has 3 heteroatoms. The Morgan fingerprint density at radius 1 is 1.64 bits per heavy atom. The molecule has 0 aliphatic rings. The van der Waals surface area contributed by atoms with Gasteiger partial charge in [-0.15, -0.1) is 0 Å². The number of aliphatic hydroxyl groups is 1. The average Bonchev–Trinajstić information content (AvgIpc) is 1.85. The maximum atomic E-state index is 9.31. The molecule has 1 unspecified atom stereocenters. The van der Waals surface area contributed by atoms with Gasteiger partial charge in [0, 0.05) is 0 Å². The molecule has 0 aliphatic heterocycles. The number of hydrogen-bond acceptors (Lipinski definition) is 1. The van der Waals surface area contributed by atoms with E-state index in [0.29, 0.717) is 6.42 Å². The summed E-state index contributed by atoms with van der Waals surface area (Å²) in [4.78, 5) is 4.20. The van der Waals surface area contributed by atoms with Crippen LogP contribution in [0.3, 0.4) is 0 Å². The fraction of sp³-hybridized carbons (Fsp3) is 0.750. The predicted octanol–water partition coefficient (Wildman–Crippen LogP) is 2.69. The summed E-state index contributed by atoms with van der Waals surface area (Å²) in [6, 6.07) is 0. The van der Waals surface area contributed by atoms with Gasteiger partial charge < -0.3 is 0 Å². The van der Waals surface area contributed by atoms with Gasteiger partial charge in [0.15, 0.2) is 0 Å². The Morgan fingerprint density at radius 3 is 2.36 bits per heavy atom. The Morgan fingerprint density at radius 2 is 2.09 bits per heavy atom. The molecule has 0 heterocycles. The van der Waals surface area contributed by atoms with Crippen LogP contribution in [0.25, 0.3) is 0 Å². The molecule has 1 atom stereocenters. The maximum absolute atomic E-state index is 9.31. The summed E-state index contributed by atoms with van der Waals surface area (Å²) in [6.07, 6.45) is 1.25. The van der Waals surface area contributed by atoms with Crippen LogP contribution in [0.4, 0.5) is 0 Å². The summed E-state index contributed by atoms with van der Waals surface area (Å²) < 4.78 is 1.11. The van der Waals surface area contributed by atoms with Crippen molar-refractivity contribution in [1.29, 1.82) is 0 Å². The minimum atomic E-state index is -2.40. The van der Waals surface area contributed by atoms with Crippen LogP contribution in [0.2, 0.25) is 9.88 Å². The van der Waals surface area contributed by atoms with E-state index in [1.54, 1.807) is 0 Å². The molecule has 0 aromatic carbocycles. The molecule has 66 valence electrons. The third-order valence-corrected chi connectivity index (χ3v) is 8.97. The van der Waals surface area contributed by atoms with Crippen LogP contribution in [0.5, 0.6) is 0 Å². The molecule has 0 radical (unpaired) electrons. The molecular formula is C8H17ClOSn. The second kappa shape index (κ2) is 4.73. The molecule has 0 saturated heterocycles. The Balaban J connectivity index is 3.88. The fourth-order valence-electron chi connectivity index (χ4n) is 0.671. The first-order chi connectivity index (χ1) is 4.88. The van der Waals surface area contributed by atoms with Crippen LogP contribution in [0.15, 0.2) is 10.2 Å². The summed E-state index contributed by atoms with van der Waals surface area (Å²) in [5.41, 5.74) is 0. The average molecular weight is 283 g/mol. The van der Waals surface area contributed by atoms with Crippen molar-refractivity contribution in [2.24, 2.45) is 0 Å². The quantitative estimate of drug-likeness (QED) is 0.787. The van der Waals surface area contributed by atoms with Gasteiger partial charge >= 0.3 is 77.2 Å². The molecule has 0 amide bonds. The molecule has 0 aromatic heterocycles. The third kappa shape index (κ3) is 5.10. The van der Waals surface area contributed by atoms with Gasteiger partial charge in [0.25, 0.3) is 0 Å². The second-order valence-corrected chi connectivity index (χ2v) is 20.1. The van der Waals surface area contributed by atoms with E-state index >= 15 is 0 Å². The van der Waals surface area contributed by atoms with E-state index in [4.69, 9.17) is 8.92 Å². The van der Waals surface area contributed by atoms with E-state index in [0.717, 1.165) is 10.0 Å². The van der Waals surface area contributed by atoms with Gasteiger partial charge in [-0.05, 0) is 0 Å². The normalized spacial score (nSPS) is 14.6. The van der Waals surface area contributed by atoms with Crippen LogP contribution in [0.1, 0.15) is 19.8 Å². The van der Waals surface area contributed by atoms with E-state index in [-0.39, 0.29) is 6.10 Å². The molecule has 0 bridgehead atoms. The summed E-state index contributed by atoms with van der Waals surface area (Å²) >= 11 is -2.40. The van der Waals surface area contributed by atoms with E-state index in [1.807, 2.05) is 6.92 Å². The number of halogens is 1. The van der Waals surface area contributed by atoms with Gasteiger partial charge in [-0.2, -0.15) is 0 Å². The van der Waals surface area contributed by atoms with Crippen molar-refractivity contribution < 1.29 is 5.11 Å². The van der Waals surface area contributed by atoms with Crippen LogP contribution in [0, 0.1) is 0 Å². The van der Waals surface area contributed by atoms with Crippen molar-refractivity contribution >= 4 is 26.2 Å².